The predicted molar refractivity (Wildman–Crippen MR) is 107 cm³/mol. The molecule has 2 aliphatic heterocycles. The fourth-order valence-corrected chi connectivity index (χ4v) is 4.61. The summed E-state index contributed by atoms with van der Waals surface area (Å²) in [6, 6.07) is 13.9. The number of hydrogen-bond acceptors (Lipinski definition) is 4. The summed E-state index contributed by atoms with van der Waals surface area (Å²) < 4.78 is 0.877. The molecule has 4 atom stereocenters. The third-order valence-corrected chi connectivity index (χ3v) is 6.35. The van der Waals surface area contributed by atoms with Gasteiger partial charge in [0.05, 0.1) is 17.5 Å². The van der Waals surface area contributed by atoms with Crippen molar-refractivity contribution in [3.8, 4) is 0 Å². The van der Waals surface area contributed by atoms with Gasteiger partial charge in [0.25, 0.3) is 0 Å². The third kappa shape index (κ3) is 2.61. The van der Waals surface area contributed by atoms with E-state index in [2.05, 4.69) is 21.2 Å². The lowest BCUT2D eigenvalue weighted by molar-refractivity contribution is -0.147. The minimum atomic E-state index is -1.54. The van der Waals surface area contributed by atoms with E-state index in [0.717, 1.165) is 15.6 Å². The van der Waals surface area contributed by atoms with Crippen molar-refractivity contribution in [3.63, 3.8) is 0 Å². The highest BCUT2D eigenvalue weighted by atomic mass is 79.9. The van der Waals surface area contributed by atoms with Gasteiger partial charge >= 0.3 is 5.97 Å². The second-order valence-electron chi connectivity index (χ2n) is 7.48. The summed E-state index contributed by atoms with van der Waals surface area (Å²) in [5.41, 5.74) is 0.534. The number of hydrogen-bond donors (Lipinski definition) is 2. The number of aryl methyl sites for hydroxylation is 1. The summed E-state index contributed by atoms with van der Waals surface area (Å²) in [5.74, 6) is -3.74. The second kappa shape index (κ2) is 6.53. The van der Waals surface area contributed by atoms with E-state index in [4.69, 9.17) is 0 Å². The van der Waals surface area contributed by atoms with Crippen LogP contribution in [-0.4, -0.2) is 28.4 Å². The molecular formula is C21H19BrN2O4. The highest BCUT2D eigenvalue weighted by Crippen LogP contribution is 2.50. The number of nitrogens with one attached hydrogen (secondary N) is 1. The van der Waals surface area contributed by atoms with Crippen LogP contribution < -0.4 is 10.2 Å². The number of carboxylic acid groups (broad SMARTS) is 1. The Kier molecular flexibility index (Phi) is 4.39. The first-order chi connectivity index (χ1) is 13.3. The molecule has 2 fully saturated rings. The first kappa shape index (κ1) is 18.8. The summed E-state index contributed by atoms with van der Waals surface area (Å²) in [5, 5.41) is 13.0. The van der Waals surface area contributed by atoms with E-state index in [1.54, 1.807) is 12.1 Å². The second-order valence-corrected chi connectivity index (χ2v) is 8.40. The first-order valence-electron chi connectivity index (χ1n) is 8.95. The summed E-state index contributed by atoms with van der Waals surface area (Å²) in [7, 11) is 0. The van der Waals surface area contributed by atoms with Crippen molar-refractivity contribution >= 4 is 39.4 Å². The zero-order valence-electron chi connectivity index (χ0n) is 15.3. The van der Waals surface area contributed by atoms with Gasteiger partial charge in [0.15, 0.2) is 0 Å². The maximum Gasteiger partial charge on any atom is 0.324 e. The predicted octanol–water partition coefficient (Wildman–Crippen LogP) is 3.05. The van der Waals surface area contributed by atoms with Gasteiger partial charge in [-0.15, -0.1) is 0 Å². The molecule has 4 unspecified atom stereocenters. The van der Waals surface area contributed by atoms with E-state index in [0.29, 0.717) is 5.69 Å². The van der Waals surface area contributed by atoms with Gasteiger partial charge in [-0.05, 0) is 43.2 Å². The number of fused-ring (bicyclic) bond motifs is 1. The Labute approximate surface area is 170 Å². The molecule has 28 heavy (non-hydrogen) atoms. The Bertz CT molecular complexity index is 990. The molecule has 0 aromatic heterocycles. The Morgan fingerprint density at radius 1 is 1.11 bits per heavy atom. The Morgan fingerprint density at radius 3 is 2.36 bits per heavy atom. The molecule has 0 bridgehead atoms. The van der Waals surface area contributed by atoms with Crippen molar-refractivity contribution in [1.29, 1.82) is 0 Å². The van der Waals surface area contributed by atoms with E-state index >= 15 is 0 Å². The van der Waals surface area contributed by atoms with Crippen LogP contribution in [0.15, 0.2) is 53.0 Å². The molecule has 144 valence electrons. The number of rotatable bonds is 3. The number of nitrogens with zero attached hydrogens (tertiary/aromatic N) is 1. The number of anilines is 1. The van der Waals surface area contributed by atoms with Gasteiger partial charge in [-0.2, -0.15) is 0 Å². The van der Waals surface area contributed by atoms with Crippen molar-refractivity contribution in [2.45, 2.75) is 25.4 Å². The average Bonchev–Trinajstić information content (AvgIpc) is 3.11. The third-order valence-electron chi connectivity index (χ3n) is 5.82. The number of carboxylic acids is 1. The Morgan fingerprint density at radius 2 is 1.75 bits per heavy atom. The van der Waals surface area contributed by atoms with Crippen LogP contribution in [0, 0.1) is 18.8 Å². The molecular weight excluding hydrogens is 424 g/mol. The zero-order chi connectivity index (χ0) is 20.2. The summed E-state index contributed by atoms with van der Waals surface area (Å²) in [4.78, 5) is 39.9. The van der Waals surface area contributed by atoms with E-state index in [1.807, 2.05) is 43.3 Å². The van der Waals surface area contributed by atoms with E-state index < -0.39 is 35.3 Å². The van der Waals surface area contributed by atoms with Crippen molar-refractivity contribution in [2.75, 3.05) is 4.90 Å². The van der Waals surface area contributed by atoms with Crippen LogP contribution >= 0.6 is 15.9 Å². The molecule has 2 saturated heterocycles. The summed E-state index contributed by atoms with van der Waals surface area (Å²) in [6.07, 6.45) is 0. The topological polar surface area (TPSA) is 86.7 Å². The normalized spacial score (nSPS) is 29.2. The molecule has 4 rings (SSSR count). The number of halogens is 1. The minimum absolute atomic E-state index is 0.366. The van der Waals surface area contributed by atoms with E-state index in [9.17, 15) is 19.5 Å². The molecule has 0 saturated carbocycles. The fraction of sp³-hybridized carbons (Fsp3) is 0.286. The van der Waals surface area contributed by atoms with Gasteiger partial charge in [-0.25, -0.2) is 4.90 Å². The highest BCUT2D eigenvalue weighted by molar-refractivity contribution is 9.10. The molecule has 2 aromatic rings. The molecule has 0 spiro atoms. The van der Waals surface area contributed by atoms with Crippen LogP contribution in [0.5, 0.6) is 0 Å². The lowest BCUT2D eigenvalue weighted by Gasteiger charge is -2.27. The van der Waals surface area contributed by atoms with Gasteiger partial charge in [-0.3, -0.25) is 19.7 Å². The van der Waals surface area contributed by atoms with Crippen LogP contribution in [-0.2, 0) is 14.4 Å². The maximum absolute atomic E-state index is 13.4. The van der Waals surface area contributed by atoms with Gasteiger partial charge in [-0.1, -0.05) is 46.3 Å². The molecule has 2 N–H and O–H groups in total. The summed E-state index contributed by atoms with van der Waals surface area (Å²) >= 11 is 3.38. The molecule has 0 radical (unpaired) electrons. The molecule has 2 amide bonds. The quantitative estimate of drug-likeness (QED) is 0.713. The SMILES string of the molecule is Cc1ccccc1N1C(=O)C2C(c3ccc(Br)cc3)NC(C)(C(=O)O)C2C1=O. The number of para-hydroxylation sites is 1. The van der Waals surface area contributed by atoms with E-state index in [1.165, 1.54) is 11.8 Å². The van der Waals surface area contributed by atoms with Gasteiger partial charge < -0.3 is 5.11 Å². The lowest BCUT2D eigenvalue weighted by Crippen LogP contribution is -2.53. The molecule has 6 nitrogen and oxygen atoms in total. The summed E-state index contributed by atoms with van der Waals surface area (Å²) in [6.45, 7) is 3.31. The lowest BCUT2D eigenvalue weighted by atomic mass is 9.80. The maximum atomic E-state index is 13.4. The Balaban J connectivity index is 1.84. The first-order valence-corrected chi connectivity index (χ1v) is 9.75. The number of amides is 2. The van der Waals surface area contributed by atoms with E-state index in [-0.39, 0.29) is 5.91 Å². The number of benzene rings is 2. The molecule has 2 aliphatic rings. The van der Waals surface area contributed by atoms with Crippen molar-refractivity contribution in [2.24, 2.45) is 11.8 Å². The van der Waals surface area contributed by atoms with Crippen LogP contribution in [0.4, 0.5) is 5.69 Å². The fourth-order valence-electron chi connectivity index (χ4n) is 4.34. The number of imide groups is 1. The van der Waals surface area contributed by atoms with Crippen LogP contribution in [0.25, 0.3) is 0 Å². The van der Waals surface area contributed by atoms with Crippen LogP contribution in [0.1, 0.15) is 24.1 Å². The average molecular weight is 443 g/mol. The molecule has 2 aromatic carbocycles. The van der Waals surface area contributed by atoms with Crippen molar-refractivity contribution in [3.05, 3.63) is 64.1 Å². The van der Waals surface area contributed by atoms with Crippen molar-refractivity contribution in [1.82, 2.24) is 5.32 Å². The van der Waals surface area contributed by atoms with Crippen molar-refractivity contribution < 1.29 is 19.5 Å². The van der Waals surface area contributed by atoms with Crippen LogP contribution in [0.3, 0.4) is 0 Å². The number of carbonyl (C=O) groups is 3. The number of carbonyl (C=O) groups excluding carboxylic acids is 2. The number of aliphatic carboxylic acids is 1. The largest absolute Gasteiger partial charge is 0.480 e. The standard InChI is InChI=1S/C21H19BrN2O4/c1-11-5-3-4-6-14(11)24-18(25)15-16(19(24)26)21(2,20(27)28)23-17(15)12-7-9-13(22)10-8-12/h3-10,15-17,23H,1-2H3,(H,27,28). The zero-order valence-corrected chi connectivity index (χ0v) is 16.9. The molecule has 7 heteroatoms. The monoisotopic (exact) mass is 442 g/mol. The minimum Gasteiger partial charge on any atom is -0.480 e. The van der Waals surface area contributed by atoms with Gasteiger partial charge in [0, 0.05) is 10.5 Å². The van der Waals surface area contributed by atoms with Crippen LogP contribution in [0.2, 0.25) is 0 Å². The van der Waals surface area contributed by atoms with Gasteiger partial charge in [0.1, 0.15) is 5.54 Å². The molecule has 0 aliphatic carbocycles. The smallest absolute Gasteiger partial charge is 0.324 e. The van der Waals surface area contributed by atoms with Gasteiger partial charge in [0.2, 0.25) is 11.8 Å². The Hall–Kier alpha value is -2.51. The molecule has 2 heterocycles. The highest BCUT2D eigenvalue weighted by Gasteiger charge is 2.66.